The van der Waals surface area contributed by atoms with Gasteiger partial charge in [0.05, 0.1) is 11.7 Å². The first-order valence-electron chi connectivity index (χ1n) is 10.8. The van der Waals surface area contributed by atoms with Gasteiger partial charge < -0.3 is 19.5 Å². The normalized spacial score (nSPS) is 17.6. The van der Waals surface area contributed by atoms with Gasteiger partial charge in [-0.3, -0.25) is 4.98 Å². The number of benzene rings is 2. The van der Waals surface area contributed by atoms with Crippen molar-refractivity contribution in [2.75, 3.05) is 23.9 Å². The van der Waals surface area contributed by atoms with Crippen molar-refractivity contribution in [2.24, 2.45) is 0 Å². The smallest absolute Gasteiger partial charge is 0.174 e. The van der Waals surface area contributed by atoms with Crippen LogP contribution in [-0.4, -0.2) is 24.2 Å². The Kier molecular flexibility index (Phi) is 6.10. The first kappa shape index (κ1) is 22.6. The van der Waals surface area contributed by atoms with Crippen LogP contribution in [0, 0.1) is 5.82 Å². The van der Waals surface area contributed by atoms with Crippen molar-refractivity contribution >= 4 is 44.6 Å². The second-order valence-corrected chi connectivity index (χ2v) is 9.47. The molecule has 1 aliphatic rings. The zero-order chi connectivity index (χ0) is 23.8. The van der Waals surface area contributed by atoms with Crippen LogP contribution < -0.4 is 15.1 Å². The summed E-state index contributed by atoms with van der Waals surface area (Å²) in [7, 11) is 4.02. The van der Waals surface area contributed by atoms with Gasteiger partial charge in [-0.2, -0.15) is 0 Å². The van der Waals surface area contributed by atoms with Crippen LogP contribution in [0.5, 0.6) is 0 Å². The number of furan rings is 1. The Bertz CT molecular complexity index is 1330. The third-order valence-electron chi connectivity index (χ3n) is 5.86. The molecule has 0 unspecified atom stereocenters. The number of hydrogen-bond donors (Lipinski definition) is 1. The Balaban J connectivity index is 1.58. The first-order chi connectivity index (χ1) is 16.4. The zero-order valence-corrected chi connectivity index (χ0v) is 21.0. The monoisotopic (exact) mass is 536 g/mol. The highest BCUT2D eigenvalue weighted by Gasteiger charge is 2.42. The molecule has 2 aromatic carbocycles. The summed E-state index contributed by atoms with van der Waals surface area (Å²) >= 11 is 9.23. The maximum Gasteiger partial charge on any atom is 0.174 e. The fourth-order valence-corrected chi connectivity index (χ4v) is 5.07. The van der Waals surface area contributed by atoms with Gasteiger partial charge in [-0.25, -0.2) is 4.39 Å². The minimum absolute atomic E-state index is 0.210. The van der Waals surface area contributed by atoms with E-state index in [1.807, 2.05) is 44.4 Å². The number of anilines is 2. The van der Waals surface area contributed by atoms with Crippen LogP contribution in [0.3, 0.4) is 0 Å². The number of rotatable bonds is 5. The molecule has 34 heavy (non-hydrogen) atoms. The molecule has 0 amide bonds. The second-order valence-electron chi connectivity index (χ2n) is 8.23. The van der Waals surface area contributed by atoms with E-state index in [9.17, 15) is 4.39 Å². The van der Waals surface area contributed by atoms with Gasteiger partial charge in [-0.15, -0.1) is 0 Å². The van der Waals surface area contributed by atoms with Gasteiger partial charge in [-0.05, 0) is 94.9 Å². The van der Waals surface area contributed by atoms with Gasteiger partial charge in [0, 0.05) is 41.7 Å². The molecule has 2 atom stereocenters. The summed E-state index contributed by atoms with van der Waals surface area (Å²) in [6, 6.07) is 22.0. The molecule has 0 bridgehead atoms. The fourth-order valence-electron chi connectivity index (χ4n) is 4.18. The summed E-state index contributed by atoms with van der Waals surface area (Å²) in [6.07, 6.45) is 1.77. The van der Waals surface area contributed by atoms with Gasteiger partial charge in [0.2, 0.25) is 0 Å². The summed E-state index contributed by atoms with van der Waals surface area (Å²) in [5.41, 5.74) is 3.69. The van der Waals surface area contributed by atoms with E-state index in [0.717, 1.165) is 28.4 Å². The van der Waals surface area contributed by atoms with Gasteiger partial charge in [0.1, 0.15) is 23.4 Å². The number of thiocarbonyl (C=S) groups is 1. The van der Waals surface area contributed by atoms with Crippen molar-refractivity contribution in [2.45, 2.75) is 12.1 Å². The molecule has 0 radical (unpaired) electrons. The predicted octanol–water partition coefficient (Wildman–Crippen LogP) is 6.49. The molecule has 5 rings (SSSR count). The highest BCUT2D eigenvalue weighted by molar-refractivity contribution is 9.10. The SMILES string of the molecule is CN(C)c1ccc(N2C(=S)N[C@H](c3ccccn3)[C@@H]2c2ccc(-c3ccc(F)cc3Br)o2)cc1. The third kappa shape index (κ3) is 4.19. The second kappa shape index (κ2) is 9.19. The number of nitrogens with one attached hydrogen (secondary N) is 1. The van der Waals surface area contributed by atoms with Crippen LogP contribution in [0.2, 0.25) is 0 Å². The Morgan fingerprint density at radius 3 is 2.53 bits per heavy atom. The number of aromatic nitrogens is 1. The quantitative estimate of drug-likeness (QED) is 0.294. The number of pyridine rings is 1. The summed E-state index contributed by atoms with van der Waals surface area (Å²) in [4.78, 5) is 8.70. The van der Waals surface area contributed by atoms with Crippen molar-refractivity contribution in [3.05, 3.63) is 101 Å². The lowest BCUT2D eigenvalue weighted by atomic mass is 10.0. The Morgan fingerprint density at radius 2 is 1.85 bits per heavy atom. The number of halogens is 2. The van der Waals surface area contributed by atoms with E-state index in [-0.39, 0.29) is 17.9 Å². The van der Waals surface area contributed by atoms with Crippen molar-refractivity contribution in [1.82, 2.24) is 10.3 Å². The molecule has 0 aliphatic carbocycles. The molecule has 4 aromatic rings. The van der Waals surface area contributed by atoms with Crippen molar-refractivity contribution in [1.29, 1.82) is 0 Å². The minimum atomic E-state index is -0.310. The standard InChI is InChI=1S/C26H22BrFN4OS/c1-31(2)17-7-9-18(10-8-17)32-25(24(30-26(32)34)21-5-3-4-14-29-21)23-13-12-22(33-23)19-11-6-16(28)15-20(19)27/h3-15,24-25H,1-2H3,(H,30,34)/t24-,25+/m1/s1. The summed E-state index contributed by atoms with van der Waals surface area (Å²) in [6.45, 7) is 0. The summed E-state index contributed by atoms with van der Waals surface area (Å²) in [5.74, 6) is 1.06. The molecule has 1 fully saturated rings. The van der Waals surface area contributed by atoms with E-state index in [4.69, 9.17) is 16.6 Å². The molecule has 172 valence electrons. The highest BCUT2D eigenvalue weighted by Crippen LogP contribution is 2.43. The topological polar surface area (TPSA) is 44.5 Å². The molecule has 5 nitrogen and oxygen atoms in total. The third-order valence-corrected chi connectivity index (χ3v) is 6.83. The predicted molar refractivity (Wildman–Crippen MR) is 141 cm³/mol. The number of nitrogens with zero attached hydrogens (tertiary/aromatic N) is 3. The Labute approximate surface area is 211 Å². The van der Waals surface area contributed by atoms with E-state index < -0.39 is 0 Å². The molecule has 1 aliphatic heterocycles. The van der Waals surface area contributed by atoms with Crippen LogP contribution in [0.15, 0.2) is 87.9 Å². The van der Waals surface area contributed by atoms with E-state index >= 15 is 0 Å². The van der Waals surface area contributed by atoms with Crippen LogP contribution in [0.25, 0.3) is 11.3 Å². The molecular formula is C26H22BrFN4OS. The lowest BCUT2D eigenvalue weighted by Crippen LogP contribution is -2.29. The van der Waals surface area contributed by atoms with Crippen molar-refractivity contribution in [3.8, 4) is 11.3 Å². The number of hydrogen-bond acceptors (Lipinski definition) is 4. The lowest BCUT2D eigenvalue weighted by Gasteiger charge is -2.26. The maximum absolute atomic E-state index is 13.6. The molecule has 0 saturated carbocycles. The lowest BCUT2D eigenvalue weighted by molar-refractivity contribution is 0.439. The van der Waals surface area contributed by atoms with Crippen LogP contribution in [0.4, 0.5) is 15.8 Å². The Hall–Kier alpha value is -3.23. The van der Waals surface area contributed by atoms with Crippen LogP contribution in [-0.2, 0) is 0 Å². The molecular weight excluding hydrogens is 515 g/mol. The van der Waals surface area contributed by atoms with Gasteiger partial charge in [0.15, 0.2) is 5.11 Å². The fraction of sp³-hybridized carbons (Fsp3) is 0.154. The zero-order valence-electron chi connectivity index (χ0n) is 18.6. The average molecular weight is 537 g/mol. The van der Waals surface area contributed by atoms with Gasteiger partial charge >= 0.3 is 0 Å². The van der Waals surface area contributed by atoms with Crippen molar-refractivity contribution < 1.29 is 8.81 Å². The highest BCUT2D eigenvalue weighted by atomic mass is 79.9. The first-order valence-corrected chi connectivity index (χ1v) is 12.0. The minimum Gasteiger partial charge on any atom is -0.459 e. The van der Waals surface area contributed by atoms with E-state index in [1.54, 1.807) is 12.3 Å². The largest absolute Gasteiger partial charge is 0.459 e. The molecule has 3 heterocycles. The van der Waals surface area contributed by atoms with Gasteiger partial charge in [0.25, 0.3) is 0 Å². The molecule has 8 heteroatoms. The maximum atomic E-state index is 13.6. The van der Waals surface area contributed by atoms with E-state index in [1.165, 1.54) is 12.1 Å². The average Bonchev–Trinajstić information content (AvgIpc) is 3.44. The van der Waals surface area contributed by atoms with Crippen LogP contribution >= 0.6 is 28.1 Å². The molecule has 0 spiro atoms. The van der Waals surface area contributed by atoms with Crippen molar-refractivity contribution in [3.63, 3.8) is 0 Å². The summed E-state index contributed by atoms with van der Waals surface area (Å²) < 4.78 is 20.6. The summed E-state index contributed by atoms with van der Waals surface area (Å²) in [5, 5.41) is 4.03. The Morgan fingerprint density at radius 1 is 1.06 bits per heavy atom. The van der Waals surface area contributed by atoms with E-state index in [0.29, 0.717) is 15.3 Å². The molecule has 1 saturated heterocycles. The molecule has 2 aromatic heterocycles. The van der Waals surface area contributed by atoms with Gasteiger partial charge in [-0.1, -0.05) is 6.07 Å². The molecule has 1 N–H and O–H groups in total. The van der Waals surface area contributed by atoms with E-state index in [2.05, 4.69) is 60.3 Å². The van der Waals surface area contributed by atoms with Crippen LogP contribution in [0.1, 0.15) is 23.5 Å².